The van der Waals surface area contributed by atoms with Crippen molar-refractivity contribution in [1.82, 2.24) is 0 Å². The van der Waals surface area contributed by atoms with E-state index in [1.807, 2.05) is 13.0 Å². The number of phenolic OH excluding ortho intramolecular Hbond substituents is 1. The molecular weight excluding hydrogens is 328 g/mol. The Morgan fingerprint density at radius 3 is 2.38 bits per heavy atom. The first-order chi connectivity index (χ1) is 11.3. The van der Waals surface area contributed by atoms with Crippen molar-refractivity contribution in [3.63, 3.8) is 0 Å². The molecule has 0 heterocycles. The van der Waals surface area contributed by atoms with Crippen molar-refractivity contribution in [1.29, 1.82) is 0 Å². The van der Waals surface area contributed by atoms with Gasteiger partial charge in [-0.25, -0.2) is 4.79 Å². The zero-order valence-electron chi connectivity index (χ0n) is 14.2. The van der Waals surface area contributed by atoms with Gasteiger partial charge in [0.05, 0.1) is 13.2 Å². The van der Waals surface area contributed by atoms with E-state index in [0.717, 1.165) is 11.1 Å². The minimum absolute atomic E-state index is 0.0761. The van der Waals surface area contributed by atoms with E-state index in [2.05, 4.69) is 0 Å². The minimum Gasteiger partial charge on any atom is -0.507 e. The smallest absolute Gasteiger partial charge is 0.341 e. The summed E-state index contributed by atoms with van der Waals surface area (Å²) >= 11 is 6.15. The van der Waals surface area contributed by atoms with Crippen molar-refractivity contribution in [2.75, 3.05) is 7.11 Å². The predicted octanol–water partition coefficient (Wildman–Crippen LogP) is 4.03. The molecule has 4 nitrogen and oxygen atoms in total. The number of hydrogen-bond acceptors (Lipinski definition) is 4. The second-order valence-corrected chi connectivity index (χ2v) is 6.22. The summed E-state index contributed by atoms with van der Waals surface area (Å²) in [5.74, 6) is -0.672. The molecule has 0 bridgehead atoms. The van der Waals surface area contributed by atoms with Gasteiger partial charge in [-0.05, 0) is 54.7 Å². The van der Waals surface area contributed by atoms with Crippen molar-refractivity contribution in [2.24, 2.45) is 0 Å². The number of hydrogen-bond donors (Lipinski definition) is 2. The maximum atomic E-state index is 12.0. The van der Waals surface area contributed by atoms with Crippen LogP contribution in [0.15, 0.2) is 24.3 Å². The molecule has 2 aromatic carbocycles. The normalized spacial score (nSPS) is 12.1. The average Bonchev–Trinajstić information content (AvgIpc) is 2.57. The van der Waals surface area contributed by atoms with E-state index >= 15 is 0 Å². The van der Waals surface area contributed by atoms with Crippen LogP contribution in [0.3, 0.4) is 0 Å². The highest BCUT2D eigenvalue weighted by Crippen LogP contribution is 2.35. The van der Waals surface area contributed by atoms with E-state index in [0.29, 0.717) is 21.7 Å². The van der Waals surface area contributed by atoms with Gasteiger partial charge in [0.15, 0.2) is 0 Å². The Morgan fingerprint density at radius 2 is 1.79 bits per heavy atom. The number of aromatic hydroxyl groups is 1. The van der Waals surface area contributed by atoms with Gasteiger partial charge in [0, 0.05) is 11.4 Å². The SMILES string of the molecule is COC(=O)c1c(C)c(CC(O)c2ccccc2Cl)c(C)c(C)c1O. The molecule has 0 aliphatic rings. The Morgan fingerprint density at radius 1 is 1.17 bits per heavy atom. The molecule has 5 heteroatoms. The topological polar surface area (TPSA) is 66.8 Å². The van der Waals surface area contributed by atoms with Gasteiger partial charge in [0.25, 0.3) is 0 Å². The van der Waals surface area contributed by atoms with Gasteiger partial charge < -0.3 is 14.9 Å². The molecule has 2 aromatic rings. The number of aliphatic hydroxyl groups excluding tert-OH is 1. The van der Waals surface area contributed by atoms with E-state index in [4.69, 9.17) is 16.3 Å². The number of methoxy groups -OCH3 is 1. The molecule has 2 rings (SSSR count). The van der Waals surface area contributed by atoms with E-state index in [1.54, 1.807) is 32.0 Å². The number of halogens is 1. The Kier molecular flexibility index (Phi) is 5.52. The zero-order valence-corrected chi connectivity index (χ0v) is 14.9. The van der Waals surface area contributed by atoms with Crippen LogP contribution in [0.4, 0.5) is 0 Å². The number of phenols is 1. The molecule has 24 heavy (non-hydrogen) atoms. The van der Waals surface area contributed by atoms with Crippen molar-refractivity contribution in [3.8, 4) is 5.75 Å². The first-order valence-corrected chi connectivity index (χ1v) is 7.99. The Bertz CT molecular complexity index is 783. The van der Waals surface area contributed by atoms with Crippen molar-refractivity contribution in [2.45, 2.75) is 33.3 Å². The molecule has 0 amide bonds. The van der Waals surface area contributed by atoms with Crippen molar-refractivity contribution in [3.05, 3.63) is 62.7 Å². The van der Waals surface area contributed by atoms with Crippen LogP contribution in [-0.2, 0) is 11.2 Å². The van der Waals surface area contributed by atoms with Gasteiger partial charge in [0.2, 0.25) is 0 Å². The standard InChI is InChI=1S/C19H21ClO4/c1-10-11(2)18(22)17(19(23)24-4)12(3)14(10)9-16(21)13-7-5-6-8-15(13)20/h5-8,16,21-22H,9H2,1-4H3. The maximum Gasteiger partial charge on any atom is 0.341 e. The van der Waals surface area contributed by atoms with Crippen molar-refractivity contribution < 1.29 is 19.7 Å². The zero-order chi connectivity index (χ0) is 18.0. The monoisotopic (exact) mass is 348 g/mol. The lowest BCUT2D eigenvalue weighted by Crippen LogP contribution is -2.12. The van der Waals surface area contributed by atoms with Gasteiger partial charge in [-0.15, -0.1) is 0 Å². The molecule has 0 radical (unpaired) electrons. The third-order valence-electron chi connectivity index (χ3n) is 4.49. The van der Waals surface area contributed by atoms with E-state index < -0.39 is 12.1 Å². The molecular formula is C19H21ClO4. The number of carbonyl (C=O) groups is 1. The van der Waals surface area contributed by atoms with Crippen LogP contribution in [0.1, 0.15) is 44.3 Å². The predicted molar refractivity (Wildman–Crippen MR) is 93.8 cm³/mol. The van der Waals surface area contributed by atoms with Gasteiger partial charge >= 0.3 is 5.97 Å². The maximum absolute atomic E-state index is 12.0. The number of benzene rings is 2. The lowest BCUT2D eigenvalue weighted by Gasteiger charge is -2.21. The average molecular weight is 349 g/mol. The van der Waals surface area contributed by atoms with Crippen LogP contribution in [0, 0.1) is 20.8 Å². The lowest BCUT2D eigenvalue weighted by molar-refractivity contribution is 0.0596. The summed E-state index contributed by atoms with van der Waals surface area (Å²) in [5, 5.41) is 21.4. The third kappa shape index (κ3) is 3.25. The summed E-state index contributed by atoms with van der Waals surface area (Å²) in [7, 11) is 1.27. The molecule has 2 N–H and O–H groups in total. The minimum atomic E-state index is -0.814. The van der Waals surface area contributed by atoms with E-state index in [9.17, 15) is 15.0 Å². The van der Waals surface area contributed by atoms with Gasteiger partial charge in [-0.1, -0.05) is 29.8 Å². The second-order valence-electron chi connectivity index (χ2n) is 5.81. The highest BCUT2D eigenvalue weighted by molar-refractivity contribution is 6.31. The summed E-state index contributed by atoms with van der Waals surface area (Å²) in [6.07, 6.45) is -0.530. The van der Waals surface area contributed by atoms with E-state index in [-0.39, 0.29) is 17.7 Å². The molecule has 0 spiro atoms. The summed E-state index contributed by atoms with van der Waals surface area (Å²) in [6, 6.07) is 7.11. The Labute approximate surface area is 146 Å². The number of aliphatic hydroxyl groups is 1. The summed E-state index contributed by atoms with van der Waals surface area (Å²) in [5.41, 5.74) is 3.61. The van der Waals surface area contributed by atoms with Crippen LogP contribution < -0.4 is 0 Å². The highest BCUT2D eigenvalue weighted by atomic mass is 35.5. The Hall–Kier alpha value is -2.04. The molecule has 0 aliphatic heterocycles. The molecule has 0 aromatic heterocycles. The van der Waals surface area contributed by atoms with Gasteiger partial charge in [-0.2, -0.15) is 0 Å². The van der Waals surface area contributed by atoms with Crippen LogP contribution in [0.5, 0.6) is 5.75 Å². The van der Waals surface area contributed by atoms with Crippen LogP contribution >= 0.6 is 11.6 Å². The quantitative estimate of drug-likeness (QED) is 0.818. The van der Waals surface area contributed by atoms with Crippen LogP contribution in [-0.4, -0.2) is 23.3 Å². The lowest BCUT2D eigenvalue weighted by atomic mass is 9.88. The van der Waals surface area contributed by atoms with E-state index in [1.165, 1.54) is 7.11 Å². The highest BCUT2D eigenvalue weighted by Gasteiger charge is 2.24. The first-order valence-electron chi connectivity index (χ1n) is 7.62. The molecule has 0 saturated heterocycles. The molecule has 0 saturated carbocycles. The van der Waals surface area contributed by atoms with Crippen molar-refractivity contribution >= 4 is 17.6 Å². The number of esters is 1. The number of ether oxygens (including phenoxy) is 1. The van der Waals surface area contributed by atoms with Crippen LogP contribution in [0.25, 0.3) is 0 Å². The largest absolute Gasteiger partial charge is 0.507 e. The number of rotatable bonds is 4. The first kappa shape index (κ1) is 18.3. The number of carbonyl (C=O) groups excluding carboxylic acids is 1. The molecule has 128 valence electrons. The summed E-state index contributed by atoms with van der Waals surface area (Å²) < 4.78 is 4.77. The van der Waals surface area contributed by atoms with Gasteiger partial charge in [0.1, 0.15) is 11.3 Å². The fourth-order valence-electron chi connectivity index (χ4n) is 2.91. The third-order valence-corrected chi connectivity index (χ3v) is 4.83. The molecule has 1 unspecified atom stereocenters. The summed E-state index contributed by atoms with van der Waals surface area (Å²) in [4.78, 5) is 12.0. The molecule has 0 fully saturated rings. The fourth-order valence-corrected chi connectivity index (χ4v) is 3.17. The molecule has 0 aliphatic carbocycles. The van der Waals surface area contributed by atoms with Gasteiger partial charge in [-0.3, -0.25) is 0 Å². The second kappa shape index (κ2) is 7.24. The summed E-state index contributed by atoms with van der Waals surface area (Å²) in [6.45, 7) is 5.34. The van der Waals surface area contributed by atoms with Crippen LogP contribution in [0.2, 0.25) is 5.02 Å². The fraction of sp³-hybridized carbons (Fsp3) is 0.316. The Balaban J connectivity index is 2.53. The molecule has 1 atom stereocenters.